The lowest BCUT2D eigenvalue weighted by Crippen LogP contribution is -2.13. The fourth-order valence-electron chi connectivity index (χ4n) is 1.85. The molecule has 0 N–H and O–H groups in total. The fourth-order valence-corrected chi connectivity index (χ4v) is 1.85. The van der Waals surface area contributed by atoms with Gasteiger partial charge in [-0.25, -0.2) is 14.8 Å². The summed E-state index contributed by atoms with van der Waals surface area (Å²) in [5.74, 6) is 0.568. The second-order valence-electron chi connectivity index (χ2n) is 4.21. The molecule has 0 aliphatic rings. The first kappa shape index (κ1) is 10.7. The van der Waals surface area contributed by atoms with Gasteiger partial charge in [-0.2, -0.15) is 0 Å². The Labute approximate surface area is 103 Å². The van der Waals surface area contributed by atoms with Crippen LogP contribution >= 0.6 is 0 Å². The Morgan fingerprint density at radius 2 is 1.94 bits per heavy atom. The van der Waals surface area contributed by atoms with Crippen molar-refractivity contribution in [2.24, 2.45) is 0 Å². The summed E-state index contributed by atoms with van der Waals surface area (Å²) in [6, 6.07) is 7.35. The Bertz CT molecular complexity index is 793. The molecule has 0 unspecified atom stereocenters. The van der Waals surface area contributed by atoms with Gasteiger partial charge in [0.15, 0.2) is 0 Å². The van der Waals surface area contributed by atoms with Crippen molar-refractivity contribution in [3.8, 4) is 0 Å². The SMILES string of the molecule is CN(C)c1ncc2c(=O)oc3ccccc3c2n1. The Balaban J connectivity index is 2.51. The molecule has 0 bridgehead atoms. The maximum absolute atomic E-state index is 11.8. The minimum Gasteiger partial charge on any atom is -0.422 e. The quantitative estimate of drug-likeness (QED) is 0.480. The number of rotatable bonds is 1. The predicted molar refractivity (Wildman–Crippen MR) is 69.9 cm³/mol. The van der Waals surface area contributed by atoms with Crippen LogP contribution in [0.25, 0.3) is 21.9 Å². The van der Waals surface area contributed by atoms with Crippen molar-refractivity contribution in [2.75, 3.05) is 19.0 Å². The average molecular weight is 241 g/mol. The van der Waals surface area contributed by atoms with Crippen LogP contribution in [0.3, 0.4) is 0 Å². The molecule has 0 saturated carbocycles. The molecule has 0 radical (unpaired) electrons. The fraction of sp³-hybridized carbons (Fsp3) is 0.154. The van der Waals surface area contributed by atoms with Crippen molar-refractivity contribution >= 4 is 27.8 Å². The molecule has 0 fully saturated rings. The lowest BCUT2D eigenvalue weighted by molar-refractivity contribution is 0.569. The zero-order chi connectivity index (χ0) is 12.7. The lowest BCUT2D eigenvalue weighted by atomic mass is 10.2. The summed E-state index contributed by atoms with van der Waals surface area (Å²) in [7, 11) is 3.71. The molecule has 90 valence electrons. The zero-order valence-electron chi connectivity index (χ0n) is 10.0. The second-order valence-corrected chi connectivity index (χ2v) is 4.21. The largest absolute Gasteiger partial charge is 0.422 e. The predicted octanol–water partition coefficient (Wildman–Crippen LogP) is 1.80. The number of nitrogens with zero attached hydrogens (tertiary/aromatic N) is 3. The molecule has 2 heterocycles. The molecular weight excluding hydrogens is 230 g/mol. The molecule has 5 nitrogen and oxygen atoms in total. The zero-order valence-corrected chi connectivity index (χ0v) is 10.0. The maximum Gasteiger partial charge on any atom is 0.347 e. The van der Waals surface area contributed by atoms with E-state index in [4.69, 9.17) is 4.42 Å². The Morgan fingerprint density at radius 3 is 2.72 bits per heavy atom. The third-order valence-corrected chi connectivity index (χ3v) is 2.74. The van der Waals surface area contributed by atoms with Gasteiger partial charge >= 0.3 is 5.63 Å². The smallest absolute Gasteiger partial charge is 0.347 e. The van der Waals surface area contributed by atoms with E-state index < -0.39 is 5.63 Å². The molecule has 0 amide bonds. The highest BCUT2D eigenvalue weighted by molar-refractivity contribution is 6.01. The van der Waals surface area contributed by atoms with Gasteiger partial charge in [0, 0.05) is 25.7 Å². The summed E-state index contributed by atoms with van der Waals surface area (Å²) in [5, 5.41) is 1.22. The molecular formula is C13H11N3O2. The Hall–Kier alpha value is -2.43. The van der Waals surface area contributed by atoms with Gasteiger partial charge in [-0.05, 0) is 12.1 Å². The van der Waals surface area contributed by atoms with Gasteiger partial charge in [0.2, 0.25) is 5.95 Å². The number of fused-ring (bicyclic) bond motifs is 3. The van der Waals surface area contributed by atoms with Crippen LogP contribution in [-0.4, -0.2) is 24.1 Å². The standard InChI is InChI=1S/C13H11N3O2/c1-16(2)13-14-7-9-11(15-13)8-5-3-4-6-10(8)18-12(9)17/h3-7H,1-2H3. The van der Waals surface area contributed by atoms with Gasteiger partial charge in [0.05, 0.1) is 5.52 Å². The number of hydrogen-bond acceptors (Lipinski definition) is 5. The van der Waals surface area contributed by atoms with Crippen molar-refractivity contribution in [3.63, 3.8) is 0 Å². The van der Waals surface area contributed by atoms with Gasteiger partial charge in [0.25, 0.3) is 0 Å². The monoisotopic (exact) mass is 241 g/mol. The van der Waals surface area contributed by atoms with Gasteiger partial charge in [-0.1, -0.05) is 12.1 Å². The molecule has 0 spiro atoms. The van der Waals surface area contributed by atoms with Crippen LogP contribution < -0.4 is 10.5 Å². The number of aromatic nitrogens is 2. The van der Waals surface area contributed by atoms with Crippen LogP contribution in [0.15, 0.2) is 39.7 Å². The van der Waals surface area contributed by atoms with Crippen LogP contribution in [0.1, 0.15) is 0 Å². The molecule has 0 atom stereocenters. The van der Waals surface area contributed by atoms with Crippen LogP contribution in [-0.2, 0) is 0 Å². The van der Waals surface area contributed by atoms with Crippen LogP contribution in [0, 0.1) is 0 Å². The van der Waals surface area contributed by atoms with Gasteiger partial charge in [-0.15, -0.1) is 0 Å². The normalized spacial score (nSPS) is 11.0. The number of hydrogen-bond donors (Lipinski definition) is 0. The molecule has 0 aliphatic heterocycles. The Morgan fingerprint density at radius 1 is 1.17 bits per heavy atom. The molecule has 1 aromatic carbocycles. The maximum atomic E-state index is 11.8. The van der Waals surface area contributed by atoms with E-state index in [1.165, 1.54) is 6.20 Å². The third kappa shape index (κ3) is 1.52. The topological polar surface area (TPSA) is 59.2 Å². The highest BCUT2D eigenvalue weighted by Crippen LogP contribution is 2.21. The number of anilines is 1. The van der Waals surface area contributed by atoms with Crippen LogP contribution in [0.5, 0.6) is 0 Å². The molecule has 18 heavy (non-hydrogen) atoms. The highest BCUT2D eigenvalue weighted by atomic mass is 16.4. The van der Waals surface area contributed by atoms with E-state index >= 15 is 0 Å². The van der Waals surface area contributed by atoms with Gasteiger partial charge in [-0.3, -0.25) is 0 Å². The number of para-hydroxylation sites is 1. The first-order valence-electron chi connectivity index (χ1n) is 5.53. The second kappa shape index (κ2) is 3.80. The third-order valence-electron chi connectivity index (χ3n) is 2.74. The first-order valence-corrected chi connectivity index (χ1v) is 5.53. The highest BCUT2D eigenvalue weighted by Gasteiger charge is 2.10. The number of benzene rings is 1. The van der Waals surface area contributed by atoms with Crippen molar-refractivity contribution in [1.82, 2.24) is 9.97 Å². The van der Waals surface area contributed by atoms with Gasteiger partial charge < -0.3 is 9.32 Å². The summed E-state index contributed by atoms with van der Waals surface area (Å²) >= 11 is 0. The van der Waals surface area contributed by atoms with Crippen molar-refractivity contribution < 1.29 is 4.42 Å². The van der Waals surface area contributed by atoms with E-state index in [0.717, 1.165) is 5.39 Å². The van der Waals surface area contributed by atoms with E-state index in [1.54, 1.807) is 11.0 Å². The lowest BCUT2D eigenvalue weighted by Gasteiger charge is -2.10. The molecule has 3 rings (SSSR count). The summed E-state index contributed by atoms with van der Waals surface area (Å²) < 4.78 is 5.23. The minimum atomic E-state index is -0.408. The molecule has 0 aliphatic carbocycles. The molecule has 2 aromatic heterocycles. The van der Waals surface area contributed by atoms with Crippen LogP contribution in [0.4, 0.5) is 5.95 Å². The van der Waals surface area contributed by atoms with Crippen molar-refractivity contribution in [3.05, 3.63) is 40.9 Å². The summed E-state index contributed by atoms with van der Waals surface area (Å²) in [6.07, 6.45) is 1.51. The summed E-state index contributed by atoms with van der Waals surface area (Å²) in [6.45, 7) is 0. The van der Waals surface area contributed by atoms with Gasteiger partial charge in [0.1, 0.15) is 11.0 Å². The summed E-state index contributed by atoms with van der Waals surface area (Å²) in [5.41, 5.74) is 0.757. The average Bonchev–Trinajstić information content (AvgIpc) is 2.38. The van der Waals surface area contributed by atoms with E-state index in [2.05, 4.69) is 9.97 Å². The molecule has 5 heteroatoms. The van der Waals surface area contributed by atoms with E-state index in [1.807, 2.05) is 32.3 Å². The van der Waals surface area contributed by atoms with E-state index in [9.17, 15) is 4.79 Å². The van der Waals surface area contributed by atoms with Crippen LogP contribution in [0.2, 0.25) is 0 Å². The van der Waals surface area contributed by atoms with E-state index in [0.29, 0.717) is 22.4 Å². The van der Waals surface area contributed by atoms with Crippen molar-refractivity contribution in [1.29, 1.82) is 0 Å². The first-order chi connectivity index (χ1) is 8.66. The van der Waals surface area contributed by atoms with E-state index in [-0.39, 0.29) is 0 Å². The molecule has 3 aromatic rings. The van der Waals surface area contributed by atoms with Crippen molar-refractivity contribution in [2.45, 2.75) is 0 Å². The molecule has 0 saturated heterocycles. The summed E-state index contributed by atoms with van der Waals surface area (Å²) in [4.78, 5) is 22.2. The minimum absolute atomic E-state index is 0.402. The Kier molecular flexibility index (Phi) is 2.26.